The molecule has 3 N–H and O–H groups in total. The Bertz CT molecular complexity index is 497. The van der Waals surface area contributed by atoms with Crippen LogP contribution in [0.5, 0.6) is 0 Å². The van der Waals surface area contributed by atoms with E-state index in [4.69, 9.17) is 10.3 Å². The first-order valence-corrected chi connectivity index (χ1v) is 6.27. The molecule has 0 spiro atoms. The van der Waals surface area contributed by atoms with Crippen LogP contribution in [-0.2, 0) is 5.54 Å². The smallest absolute Gasteiger partial charge is 0.280 e. The average molecular weight is 248 g/mol. The molecule has 2 heterocycles. The molecule has 0 saturated heterocycles. The van der Waals surface area contributed by atoms with Gasteiger partial charge in [-0.2, -0.15) is 20.4 Å². The van der Waals surface area contributed by atoms with E-state index < -0.39 is 5.54 Å². The first-order chi connectivity index (χ1) is 8.78. The van der Waals surface area contributed by atoms with Gasteiger partial charge in [0.15, 0.2) is 11.5 Å². The maximum Gasteiger partial charge on any atom is 0.280 e. The number of nitrogens with two attached hydrogens (primary N) is 1. The summed E-state index contributed by atoms with van der Waals surface area (Å²) in [5.74, 6) is 0.954. The van der Waals surface area contributed by atoms with Crippen LogP contribution in [0.2, 0.25) is 0 Å². The van der Waals surface area contributed by atoms with Crippen LogP contribution in [0, 0.1) is 0 Å². The lowest BCUT2D eigenvalue weighted by atomic mass is 9.91. The second-order valence-corrected chi connectivity index (χ2v) is 4.85. The van der Waals surface area contributed by atoms with E-state index in [1.807, 2.05) is 0 Å². The lowest BCUT2D eigenvalue weighted by molar-refractivity contribution is 0.334. The van der Waals surface area contributed by atoms with Gasteiger partial charge in [0.05, 0.1) is 11.7 Å². The Morgan fingerprint density at radius 1 is 1.22 bits per heavy atom. The van der Waals surface area contributed by atoms with Crippen LogP contribution in [0.25, 0.3) is 11.6 Å². The Balaban J connectivity index is 1.88. The van der Waals surface area contributed by atoms with E-state index in [-0.39, 0.29) is 0 Å². The topological polar surface area (TPSA) is 107 Å². The minimum absolute atomic E-state index is 0.368. The van der Waals surface area contributed by atoms with Crippen molar-refractivity contribution in [2.45, 2.75) is 44.1 Å². The minimum atomic E-state index is -0.456. The van der Waals surface area contributed by atoms with Crippen molar-refractivity contribution < 1.29 is 4.52 Å². The molecule has 96 valence electrons. The number of hydrogen-bond acceptors (Lipinski definition) is 6. The average Bonchev–Trinajstić information content (AvgIpc) is 3.00. The Morgan fingerprint density at radius 2 is 2.00 bits per heavy atom. The highest BCUT2D eigenvalue weighted by Crippen LogP contribution is 2.32. The molecule has 18 heavy (non-hydrogen) atoms. The first-order valence-electron chi connectivity index (χ1n) is 6.27. The fraction of sp³-hybridized carbons (Fsp3) is 0.636. The number of nitrogens with zero attached hydrogens (tertiary/aromatic N) is 4. The summed E-state index contributed by atoms with van der Waals surface area (Å²) in [5, 5.41) is 14.2. The molecule has 1 fully saturated rings. The van der Waals surface area contributed by atoms with Crippen LogP contribution in [0.3, 0.4) is 0 Å². The van der Waals surface area contributed by atoms with Gasteiger partial charge >= 0.3 is 0 Å². The van der Waals surface area contributed by atoms with Crippen LogP contribution in [0.4, 0.5) is 0 Å². The van der Waals surface area contributed by atoms with Crippen molar-refractivity contribution in [2.75, 3.05) is 0 Å². The van der Waals surface area contributed by atoms with Crippen LogP contribution >= 0.6 is 0 Å². The molecular formula is C11H16N6O. The van der Waals surface area contributed by atoms with E-state index in [9.17, 15) is 0 Å². The monoisotopic (exact) mass is 248 g/mol. The van der Waals surface area contributed by atoms with Gasteiger partial charge in [0.2, 0.25) is 0 Å². The molecule has 0 bridgehead atoms. The first kappa shape index (κ1) is 11.3. The van der Waals surface area contributed by atoms with E-state index in [1.165, 1.54) is 12.8 Å². The normalized spacial score (nSPS) is 19.6. The fourth-order valence-electron chi connectivity index (χ4n) is 2.42. The molecule has 7 heteroatoms. The number of aromatic nitrogens is 5. The summed E-state index contributed by atoms with van der Waals surface area (Å²) in [6, 6.07) is 0. The number of nitrogens with one attached hydrogen (secondary N) is 1. The number of aromatic amines is 1. The minimum Gasteiger partial charge on any atom is -0.332 e. The summed E-state index contributed by atoms with van der Waals surface area (Å²) < 4.78 is 5.20. The van der Waals surface area contributed by atoms with Crippen molar-refractivity contribution in [3.05, 3.63) is 12.0 Å². The number of hydrogen-bond donors (Lipinski definition) is 2. The van der Waals surface area contributed by atoms with E-state index >= 15 is 0 Å². The summed E-state index contributed by atoms with van der Waals surface area (Å²) in [6.45, 7) is 0. The molecule has 1 aliphatic carbocycles. The van der Waals surface area contributed by atoms with Crippen molar-refractivity contribution in [3.8, 4) is 11.6 Å². The van der Waals surface area contributed by atoms with Gasteiger partial charge in [-0.25, -0.2) is 0 Å². The molecule has 2 aromatic rings. The van der Waals surface area contributed by atoms with Gasteiger partial charge in [-0.1, -0.05) is 30.8 Å². The van der Waals surface area contributed by atoms with E-state index in [1.54, 1.807) is 6.20 Å². The summed E-state index contributed by atoms with van der Waals surface area (Å²) in [4.78, 5) is 4.36. The molecule has 1 aliphatic rings. The highest BCUT2D eigenvalue weighted by molar-refractivity contribution is 5.43. The van der Waals surface area contributed by atoms with Gasteiger partial charge in [-0.3, -0.25) is 0 Å². The quantitative estimate of drug-likeness (QED) is 0.777. The zero-order chi connectivity index (χ0) is 12.4. The van der Waals surface area contributed by atoms with E-state index in [0.29, 0.717) is 17.4 Å². The zero-order valence-corrected chi connectivity index (χ0v) is 10.1. The zero-order valence-electron chi connectivity index (χ0n) is 10.1. The van der Waals surface area contributed by atoms with Crippen molar-refractivity contribution in [3.63, 3.8) is 0 Å². The van der Waals surface area contributed by atoms with Crippen LogP contribution in [0.15, 0.2) is 10.7 Å². The van der Waals surface area contributed by atoms with Gasteiger partial charge in [-0.05, 0) is 12.8 Å². The third kappa shape index (κ3) is 2.01. The van der Waals surface area contributed by atoms with Gasteiger partial charge in [0, 0.05) is 0 Å². The molecule has 0 aliphatic heterocycles. The van der Waals surface area contributed by atoms with Gasteiger partial charge in [0.1, 0.15) is 0 Å². The van der Waals surface area contributed by atoms with Gasteiger partial charge < -0.3 is 10.3 Å². The lowest BCUT2D eigenvalue weighted by Crippen LogP contribution is -2.37. The Morgan fingerprint density at radius 3 is 2.67 bits per heavy atom. The summed E-state index contributed by atoms with van der Waals surface area (Å²) in [5.41, 5.74) is 6.51. The van der Waals surface area contributed by atoms with E-state index in [2.05, 4.69) is 25.6 Å². The maximum absolute atomic E-state index is 6.42. The van der Waals surface area contributed by atoms with Crippen LogP contribution in [-0.4, -0.2) is 25.6 Å². The predicted octanol–water partition coefficient (Wildman–Crippen LogP) is 1.36. The highest BCUT2D eigenvalue weighted by Gasteiger charge is 2.33. The molecule has 7 nitrogen and oxygen atoms in total. The Labute approximate surface area is 104 Å². The number of rotatable bonds is 2. The maximum atomic E-state index is 6.42. The highest BCUT2D eigenvalue weighted by atomic mass is 16.5. The standard InChI is InChI=1S/C11H16N6O/c12-11(5-3-1-2-4-6-11)10-14-9(18-16-10)8-7-13-17-15-8/h7H,1-6,12H2,(H,13,15,17). The van der Waals surface area contributed by atoms with Crippen LogP contribution < -0.4 is 5.73 Å². The molecule has 0 amide bonds. The molecule has 0 unspecified atom stereocenters. The third-order valence-electron chi connectivity index (χ3n) is 3.50. The predicted molar refractivity (Wildman–Crippen MR) is 63.2 cm³/mol. The van der Waals surface area contributed by atoms with Crippen molar-refractivity contribution in [1.29, 1.82) is 0 Å². The third-order valence-corrected chi connectivity index (χ3v) is 3.50. The molecular weight excluding hydrogens is 232 g/mol. The van der Waals surface area contributed by atoms with Crippen molar-refractivity contribution in [1.82, 2.24) is 25.6 Å². The molecule has 0 atom stereocenters. The second kappa shape index (κ2) is 4.49. The second-order valence-electron chi connectivity index (χ2n) is 4.85. The summed E-state index contributed by atoms with van der Waals surface area (Å²) in [7, 11) is 0. The molecule has 1 saturated carbocycles. The number of H-pyrrole nitrogens is 1. The molecule has 0 radical (unpaired) electrons. The summed E-state index contributed by atoms with van der Waals surface area (Å²) >= 11 is 0. The Hall–Kier alpha value is -1.76. The van der Waals surface area contributed by atoms with E-state index in [0.717, 1.165) is 25.7 Å². The molecule has 3 rings (SSSR count). The van der Waals surface area contributed by atoms with Gasteiger partial charge in [-0.15, -0.1) is 0 Å². The lowest BCUT2D eigenvalue weighted by Gasteiger charge is -2.23. The van der Waals surface area contributed by atoms with Crippen LogP contribution in [0.1, 0.15) is 44.3 Å². The summed E-state index contributed by atoms with van der Waals surface area (Å²) in [6.07, 6.45) is 8.05. The van der Waals surface area contributed by atoms with Crippen molar-refractivity contribution >= 4 is 0 Å². The largest absolute Gasteiger partial charge is 0.332 e. The van der Waals surface area contributed by atoms with Crippen molar-refractivity contribution in [2.24, 2.45) is 5.73 Å². The molecule has 2 aromatic heterocycles. The SMILES string of the molecule is NC1(c2noc(-c3cn[nH]n3)n2)CCCCCC1. The van der Waals surface area contributed by atoms with Gasteiger partial charge in [0.25, 0.3) is 5.89 Å². The Kier molecular flexibility index (Phi) is 2.83. The molecule has 0 aromatic carbocycles. The fourth-order valence-corrected chi connectivity index (χ4v) is 2.42.